The highest BCUT2D eigenvalue weighted by Crippen LogP contribution is 2.27. The average molecular weight is 440 g/mol. The lowest BCUT2D eigenvalue weighted by Crippen LogP contribution is -2.46. The first kappa shape index (κ1) is 24.0. The van der Waals surface area contributed by atoms with E-state index in [1.54, 1.807) is 0 Å². The predicted octanol–water partition coefficient (Wildman–Crippen LogP) is 4.96. The summed E-state index contributed by atoms with van der Waals surface area (Å²) in [6.07, 6.45) is 0.798. The topological polar surface area (TPSA) is 55.4 Å². The van der Waals surface area contributed by atoms with E-state index >= 15 is 0 Å². The number of rotatable bonds is 15. The molecule has 0 atom stereocenters. The van der Waals surface area contributed by atoms with Crippen LogP contribution in [0.1, 0.15) is 27.2 Å². The summed E-state index contributed by atoms with van der Waals surface area (Å²) in [7, 11) is -3.36. The van der Waals surface area contributed by atoms with Crippen molar-refractivity contribution in [1.82, 2.24) is 0 Å². The molecule has 2 aromatic carbocycles. The first-order valence-electron chi connectivity index (χ1n) is 9.97. The molecule has 0 saturated heterocycles. The Balaban J connectivity index is 2.11. The molecule has 0 aliphatic rings. The van der Waals surface area contributed by atoms with Gasteiger partial charge in [0.05, 0.1) is 30.7 Å². The molecule has 0 aromatic heterocycles. The van der Waals surface area contributed by atoms with Gasteiger partial charge in [0, 0.05) is 6.04 Å². The molecule has 0 aliphatic heterocycles. The lowest BCUT2D eigenvalue weighted by molar-refractivity contribution is -0.360. The lowest BCUT2D eigenvalue weighted by Gasteiger charge is -2.25. The summed E-state index contributed by atoms with van der Waals surface area (Å²) in [5.74, 6) is 0.920. The van der Waals surface area contributed by atoms with Crippen molar-refractivity contribution in [3.63, 3.8) is 0 Å². The van der Waals surface area contributed by atoms with E-state index < -0.39 is 8.80 Å². The van der Waals surface area contributed by atoms with Gasteiger partial charge in [0.2, 0.25) is 0 Å². The van der Waals surface area contributed by atoms with Crippen molar-refractivity contribution < 1.29 is 28.4 Å². The van der Waals surface area contributed by atoms with Crippen molar-refractivity contribution in [3.05, 3.63) is 60.7 Å². The zero-order valence-electron chi connectivity index (χ0n) is 17.4. The van der Waals surface area contributed by atoms with Gasteiger partial charge in [-0.2, -0.15) is 0 Å². The Bertz CT molecular complexity index is 599. The van der Waals surface area contributed by atoms with Gasteiger partial charge in [0.15, 0.2) is 9.79 Å². The molecular formula is C21H31O6SSi+. The molecule has 0 N–H and O–H groups in total. The van der Waals surface area contributed by atoms with Crippen molar-refractivity contribution in [2.24, 2.45) is 0 Å². The Hall–Kier alpha value is -1.23. The minimum Gasteiger partial charge on any atom is -0.243 e. The van der Waals surface area contributed by atoms with Gasteiger partial charge in [-0.25, -0.2) is 28.4 Å². The summed E-state index contributed by atoms with van der Waals surface area (Å²) < 4.78 is 16.6. The van der Waals surface area contributed by atoms with Crippen LogP contribution in [0.2, 0.25) is 6.04 Å². The van der Waals surface area contributed by atoms with Crippen LogP contribution in [-0.2, 0) is 39.3 Å². The molecule has 0 spiro atoms. The van der Waals surface area contributed by atoms with Gasteiger partial charge in [-0.15, -0.1) is 0 Å². The highest BCUT2D eigenvalue weighted by Gasteiger charge is 2.47. The zero-order chi connectivity index (χ0) is 20.8. The maximum Gasteiger partial charge on any atom is 0.584 e. The smallest absolute Gasteiger partial charge is 0.243 e. The van der Waals surface area contributed by atoms with Gasteiger partial charge in [-0.3, -0.25) is 0 Å². The minimum absolute atomic E-state index is 0.0700. The Kier molecular flexibility index (Phi) is 11.5. The van der Waals surface area contributed by atoms with Crippen molar-refractivity contribution in [2.45, 2.75) is 43.0 Å². The first-order valence-corrected chi connectivity index (χ1v) is 13.3. The molecule has 0 unspecified atom stereocenters. The third kappa shape index (κ3) is 8.19. The fourth-order valence-electron chi connectivity index (χ4n) is 2.59. The van der Waals surface area contributed by atoms with Crippen molar-refractivity contribution in [1.29, 1.82) is 0 Å². The molecule has 6 nitrogen and oxygen atoms in total. The highest BCUT2D eigenvalue weighted by molar-refractivity contribution is 7.97. The molecule has 0 heterocycles. The van der Waals surface area contributed by atoms with Gasteiger partial charge in [-0.05, 0) is 51.5 Å². The highest BCUT2D eigenvalue weighted by atomic mass is 32.2. The molecular weight excluding hydrogens is 408 g/mol. The molecule has 0 bridgehead atoms. The fraction of sp³-hybridized carbons (Fsp3) is 0.429. The third-order valence-electron chi connectivity index (χ3n) is 3.80. The molecule has 2 rings (SSSR count). The summed E-state index contributed by atoms with van der Waals surface area (Å²) in [6.45, 7) is 6.63. The standard InChI is InChI=1S/C21H31O6SSi/c1-4-22-25-29(26-23-5-2,27-24-6-3)19-13-18-28(20-14-9-7-10-15-20)21-16-11-8-12-17-21/h7-12,14-17H,4-6,13,18-19H2,1-3H3/q+1. The molecule has 2 aromatic rings. The van der Waals surface area contributed by atoms with Crippen LogP contribution in [0.25, 0.3) is 0 Å². The summed E-state index contributed by atoms with van der Waals surface area (Å²) in [6, 6.07) is 21.6. The summed E-state index contributed by atoms with van der Waals surface area (Å²) in [5.41, 5.74) is 0. The Morgan fingerprint density at radius 1 is 0.655 bits per heavy atom. The van der Waals surface area contributed by atoms with E-state index in [2.05, 4.69) is 48.5 Å². The van der Waals surface area contributed by atoms with E-state index in [0.717, 1.165) is 12.2 Å². The fourth-order valence-corrected chi connectivity index (χ4v) is 6.83. The van der Waals surface area contributed by atoms with E-state index in [-0.39, 0.29) is 10.9 Å². The van der Waals surface area contributed by atoms with Crippen LogP contribution in [-0.4, -0.2) is 34.4 Å². The first-order chi connectivity index (χ1) is 14.2. The maximum atomic E-state index is 5.52. The van der Waals surface area contributed by atoms with Crippen molar-refractivity contribution in [3.8, 4) is 0 Å². The quantitative estimate of drug-likeness (QED) is 0.169. The second-order valence-corrected chi connectivity index (χ2v) is 10.5. The summed E-state index contributed by atoms with van der Waals surface area (Å²) in [4.78, 5) is 18.1. The van der Waals surface area contributed by atoms with E-state index in [1.165, 1.54) is 9.79 Å². The molecule has 0 saturated carbocycles. The van der Waals surface area contributed by atoms with Gasteiger partial charge < -0.3 is 0 Å². The molecule has 29 heavy (non-hydrogen) atoms. The molecule has 8 heteroatoms. The number of benzene rings is 2. The molecule has 0 aliphatic carbocycles. The molecule has 0 fully saturated rings. The third-order valence-corrected chi connectivity index (χ3v) is 8.26. The largest absolute Gasteiger partial charge is 0.584 e. The van der Waals surface area contributed by atoms with Crippen LogP contribution in [0.4, 0.5) is 0 Å². The van der Waals surface area contributed by atoms with Crippen LogP contribution in [0.5, 0.6) is 0 Å². The molecule has 0 amide bonds. The van der Waals surface area contributed by atoms with Crippen LogP contribution in [0.3, 0.4) is 0 Å². The number of hydrogen-bond donors (Lipinski definition) is 0. The Morgan fingerprint density at radius 3 is 1.45 bits per heavy atom. The monoisotopic (exact) mass is 439 g/mol. The summed E-state index contributed by atoms with van der Waals surface area (Å²) in [5, 5.41) is 0. The van der Waals surface area contributed by atoms with Gasteiger partial charge >= 0.3 is 8.80 Å². The minimum atomic E-state index is -3.29. The predicted molar refractivity (Wildman–Crippen MR) is 115 cm³/mol. The normalized spacial score (nSPS) is 11.9. The SMILES string of the molecule is CCOO[Si](CCC[S+](c1ccccc1)c1ccccc1)(OOCC)OOCC. The van der Waals surface area contributed by atoms with Crippen LogP contribution >= 0.6 is 0 Å². The zero-order valence-corrected chi connectivity index (χ0v) is 19.2. The van der Waals surface area contributed by atoms with E-state index in [0.29, 0.717) is 25.9 Å². The van der Waals surface area contributed by atoms with Crippen LogP contribution < -0.4 is 0 Å². The van der Waals surface area contributed by atoms with Crippen LogP contribution in [0, 0.1) is 0 Å². The molecule has 0 radical (unpaired) electrons. The Labute approximate surface area is 177 Å². The van der Waals surface area contributed by atoms with E-state index in [4.69, 9.17) is 28.4 Å². The molecule has 160 valence electrons. The van der Waals surface area contributed by atoms with E-state index in [1.807, 2.05) is 32.9 Å². The Morgan fingerprint density at radius 2 is 1.07 bits per heavy atom. The average Bonchev–Trinajstić information content (AvgIpc) is 2.78. The van der Waals surface area contributed by atoms with Crippen molar-refractivity contribution in [2.75, 3.05) is 25.6 Å². The second-order valence-electron chi connectivity index (χ2n) is 5.98. The van der Waals surface area contributed by atoms with Crippen LogP contribution in [0.15, 0.2) is 70.5 Å². The van der Waals surface area contributed by atoms with Gasteiger partial charge in [0.25, 0.3) is 0 Å². The van der Waals surface area contributed by atoms with Gasteiger partial charge in [0.1, 0.15) is 5.75 Å². The van der Waals surface area contributed by atoms with Crippen molar-refractivity contribution >= 4 is 19.7 Å². The second kappa shape index (κ2) is 13.9. The maximum absolute atomic E-state index is 5.52. The lowest BCUT2D eigenvalue weighted by atomic mass is 10.4. The van der Waals surface area contributed by atoms with E-state index in [9.17, 15) is 0 Å². The number of hydrogen-bond acceptors (Lipinski definition) is 6. The van der Waals surface area contributed by atoms with Gasteiger partial charge in [-0.1, -0.05) is 36.4 Å². The summed E-state index contributed by atoms with van der Waals surface area (Å²) >= 11 is 0.